The van der Waals surface area contributed by atoms with Gasteiger partial charge in [0.25, 0.3) is 0 Å². The Kier molecular flexibility index (Phi) is 8.30. The number of nitrogens with zero attached hydrogens (tertiary/aromatic N) is 1. The van der Waals surface area contributed by atoms with E-state index in [2.05, 4.69) is 0 Å². The van der Waals surface area contributed by atoms with Crippen LogP contribution in [0.25, 0.3) is 0 Å². The van der Waals surface area contributed by atoms with Crippen LogP contribution in [-0.4, -0.2) is 30.4 Å². The van der Waals surface area contributed by atoms with Crippen molar-refractivity contribution >= 4 is 18.3 Å². The molecule has 0 bridgehead atoms. The fraction of sp³-hybridized carbons (Fsp3) is 0.278. The highest BCUT2D eigenvalue weighted by Gasteiger charge is 2.13. The van der Waals surface area contributed by atoms with E-state index in [4.69, 9.17) is 5.73 Å². The largest absolute Gasteiger partial charge is 0.341 e. The molecule has 2 rings (SSSR count). The summed E-state index contributed by atoms with van der Waals surface area (Å²) in [5, 5.41) is 0. The van der Waals surface area contributed by atoms with Crippen LogP contribution in [-0.2, 0) is 17.6 Å². The van der Waals surface area contributed by atoms with Crippen molar-refractivity contribution in [1.29, 1.82) is 0 Å². The van der Waals surface area contributed by atoms with Gasteiger partial charge in [0.1, 0.15) is 5.82 Å². The zero-order chi connectivity index (χ0) is 15.8. The maximum absolute atomic E-state index is 13.2. The summed E-state index contributed by atoms with van der Waals surface area (Å²) in [7, 11) is 0. The smallest absolute Gasteiger partial charge is 0.227 e. The molecular formula is C18H22ClFN2O. The lowest BCUT2D eigenvalue weighted by atomic mass is 10.1. The monoisotopic (exact) mass is 336 g/mol. The van der Waals surface area contributed by atoms with Crippen LogP contribution in [0.2, 0.25) is 0 Å². The van der Waals surface area contributed by atoms with Gasteiger partial charge in [-0.2, -0.15) is 0 Å². The number of nitrogens with two attached hydrogens (primary N) is 1. The maximum Gasteiger partial charge on any atom is 0.227 e. The number of halogens is 2. The fourth-order valence-electron chi connectivity index (χ4n) is 2.36. The average Bonchev–Trinajstić information content (AvgIpc) is 2.52. The molecule has 2 aromatic rings. The van der Waals surface area contributed by atoms with Crippen molar-refractivity contribution in [2.24, 2.45) is 5.73 Å². The molecular weight excluding hydrogens is 315 g/mol. The Bertz CT molecular complexity index is 607. The van der Waals surface area contributed by atoms with Crippen LogP contribution >= 0.6 is 12.4 Å². The van der Waals surface area contributed by atoms with E-state index in [1.54, 1.807) is 17.0 Å². The van der Waals surface area contributed by atoms with Gasteiger partial charge in [-0.15, -0.1) is 12.4 Å². The predicted octanol–water partition coefficient (Wildman–Crippen LogP) is 2.82. The summed E-state index contributed by atoms with van der Waals surface area (Å²) in [5.41, 5.74) is 7.47. The van der Waals surface area contributed by atoms with Crippen LogP contribution in [0.15, 0.2) is 54.6 Å². The Morgan fingerprint density at radius 3 is 2.35 bits per heavy atom. The summed E-state index contributed by atoms with van der Waals surface area (Å²) < 4.78 is 13.2. The first-order chi connectivity index (χ1) is 10.7. The predicted molar refractivity (Wildman–Crippen MR) is 93.1 cm³/mol. The van der Waals surface area contributed by atoms with Gasteiger partial charge in [-0.1, -0.05) is 42.5 Å². The van der Waals surface area contributed by atoms with Crippen molar-refractivity contribution in [3.05, 3.63) is 71.5 Å². The zero-order valence-electron chi connectivity index (χ0n) is 13.0. The number of carbonyl (C=O) groups is 1. The third-order valence-corrected chi connectivity index (χ3v) is 3.51. The second-order valence-corrected chi connectivity index (χ2v) is 5.21. The van der Waals surface area contributed by atoms with E-state index in [9.17, 15) is 9.18 Å². The number of hydrogen-bond donors (Lipinski definition) is 1. The number of hydrogen-bond acceptors (Lipinski definition) is 2. The Labute approximate surface area is 142 Å². The Hall–Kier alpha value is -1.91. The van der Waals surface area contributed by atoms with Crippen LogP contribution in [0.1, 0.15) is 11.1 Å². The molecule has 0 fully saturated rings. The van der Waals surface area contributed by atoms with Crippen LogP contribution in [0.5, 0.6) is 0 Å². The van der Waals surface area contributed by atoms with E-state index in [0.717, 1.165) is 6.42 Å². The molecule has 0 saturated carbocycles. The van der Waals surface area contributed by atoms with Crippen molar-refractivity contribution in [2.45, 2.75) is 12.8 Å². The molecule has 0 atom stereocenters. The summed E-state index contributed by atoms with van der Waals surface area (Å²) in [6.45, 7) is 1.56. The van der Waals surface area contributed by atoms with Gasteiger partial charge in [0, 0.05) is 19.6 Å². The SMILES string of the molecule is Cl.NCCN(CCc1ccccc1)C(=O)Cc1cccc(F)c1. The lowest BCUT2D eigenvalue weighted by Crippen LogP contribution is -2.37. The third kappa shape index (κ3) is 6.38. The molecule has 0 aliphatic heterocycles. The third-order valence-electron chi connectivity index (χ3n) is 3.51. The Balaban J connectivity index is 0.00000264. The molecule has 0 aromatic heterocycles. The normalized spacial score (nSPS) is 10.0. The van der Waals surface area contributed by atoms with Crippen LogP contribution in [0.4, 0.5) is 4.39 Å². The molecule has 0 aliphatic rings. The van der Waals surface area contributed by atoms with Gasteiger partial charge in [-0.3, -0.25) is 4.79 Å². The summed E-state index contributed by atoms with van der Waals surface area (Å²) in [4.78, 5) is 14.1. The van der Waals surface area contributed by atoms with Crippen molar-refractivity contribution in [1.82, 2.24) is 4.90 Å². The van der Waals surface area contributed by atoms with Gasteiger partial charge in [0.15, 0.2) is 0 Å². The van der Waals surface area contributed by atoms with Crippen molar-refractivity contribution in [2.75, 3.05) is 19.6 Å². The first-order valence-corrected chi connectivity index (χ1v) is 7.45. The first kappa shape index (κ1) is 19.1. The molecule has 2 N–H and O–H groups in total. The van der Waals surface area contributed by atoms with Gasteiger partial charge >= 0.3 is 0 Å². The van der Waals surface area contributed by atoms with E-state index in [0.29, 0.717) is 25.2 Å². The summed E-state index contributed by atoms with van der Waals surface area (Å²) in [6.07, 6.45) is 0.988. The summed E-state index contributed by atoms with van der Waals surface area (Å²) >= 11 is 0. The summed E-state index contributed by atoms with van der Waals surface area (Å²) in [5.74, 6) is -0.341. The molecule has 0 saturated heterocycles. The van der Waals surface area contributed by atoms with Crippen LogP contribution in [0, 0.1) is 5.82 Å². The minimum atomic E-state index is -0.319. The Morgan fingerprint density at radius 1 is 1.00 bits per heavy atom. The number of benzene rings is 2. The molecule has 1 amide bonds. The molecule has 0 heterocycles. The molecule has 0 spiro atoms. The highest BCUT2D eigenvalue weighted by molar-refractivity contribution is 5.85. The molecule has 124 valence electrons. The number of carbonyl (C=O) groups excluding carboxylic acids is 1. The Morgan fingerprint density at radius 2 is 1.70 bits per heavy atom. The molecule has 0 aliphatic carbocycles. The molecule has 2 aromatic carbocycles. The molecule has 3 nitrogen and oxygen atoms in total. The lowest BCUT2D eigenvalue weighted by Gasteiger charge is -2.22. The van der Waals surface area contributed by atoms with Crippen molar-refractivity contribution < 1.29 is 9.18 Å². The quantitative estimate of drug-likeness (QED) is 0.845. The molecule has 23 heavy (non-hydrogen) atoms. The van der Waals surface area contributed by atoms with Gasteiger partial charge in [0.2, 0.25) is 5.91 Å². The van der Waals surface area contributed by atoms with Crippen LogP contribution < -0.4 is 5.73 Å². The van der Waals surface area contributed by atoms with E-state index in [-0.39, 0.29) is 30.6 Å². The topological polar surface area (TPSA) is 46.3 Å². The molecule has 0 radical (unpaired) electrons. The second-order valence-electron chi connectivity index (χ2n) is 5.21. The van der Waals surface area contributed by atoms with E-state index in [1.165, 1.54) is 17.7 Å². The summed E-state index contributed by atoms with van der Waals surface area (Å²) in [6, 6.07) is 16.2. The van der Waals surface area contributed by atoms with Gasteiger partial charge in [0.05, 0.1) is 6.42 Å². The number of amides is 1. The molecule has 5 heteroatoms. The van der Waals surface area contributed by atoms with E-state index < -0.39 is 0 Å². The minimum Gasteiger partial charge on any atom is -0.341 e. The minimum absolute atomic E-state index is 0. The number of rotatable bonds is 7. The molecule has 0 unspecified atom stereocenters. The van der Waals surface area contributed by atoms with E-state index in [1.807, 2.05) is 30.3 Å². The van der Waals surface area contributed by atoms with E-state index >= 15 is 0 Å². The highest BCUT2D eigenvalue weighted by atomic mass is 35.5. The van der Waals surface area contributed by atoms with Gasteiger partial charge in [-0.25, -0.2) is 4.39 Å². The lowest BCUT2D eigenvalue weighted by molar-refractivity contribution is -0.130. The first-order valence-electron chi connectivity index (χ1n) is 7.45. The average molecular weight is 337 g/mol. The van der Waals surface area contributed by atoms with Crippen LogP contribution in [0.3, 0.4) is 0 Å². The van der Waals surface area contributed by atoms with Gasteiger partial charge < -0.3 is 10.6 Å². The standard InChI is InChI=1S/C18H21FN2O.ClH/c19-17-8-4-7-16(13-17)14-18(22)21(12-10-20)11-9-15-5-2-1-3-6-15;/h1-8,13H,9-12,14,20H2;1H. The fourth-order valence-corrected chi connectivity index (χ4v) is 2.36. The maximum atomic E-state index is 13.2. The highest BCUT2D eigenvalue weighted by Crippen LogP contribution is 2.07. The van der Waals surface area contributed by atoms with Gasteiger partial charge in [-0.05, 0) is 29.7 Å². The zero-order valence-corrected chi connectivity index (χ0v) is 13.8. The van der Waals surface area contributed by atoms with Crippen molar-refractivity contribution in [3.63, 3.8) is 0 Å². The second kappa shape index (κ2) is 9.98. The van der Waals surface area contributed by atoms with Crippen molar-refractivity contribution in [3.8, 4) is 0 Å².